The highest BCUT2D eigenvalue weighted by Gasteiger charge is 2.15. The second kappa shape index (κ2) is 22.0. The molecule has 0 radical (unpaired) electrons. The van der Waals surface area contributed by atoms with Gasteiger partial charge >= 0.3 is 0 Å². The normalized spacial score (nSPS) is 11.7. The van der Waals surface area contributed by atoms with Crippen LogP contribution in [0.5, 0.6) is 0 Å². The summed E-state index contributed by atoms with van der Waals surface area (Å²) in [5.74, 6) is 0. The Balaban J connectivity index is 1.53. The van der Waals surface area contributed by atoms with Gasteiger partial charge in [0.05, 0.1) is 17.1 Å². The Morgan fingerprint density at radius 2 is 0.698 bits per heavy atom. The number of hydrogen-bond acceptors (Lipinski definition) is 7. The fourth-order valence-electron chi connectivity index (χ4n) is 5.58. The van der Waals surface area contributed by atoms with Gasteiger partial charge in [-0.25, -0.2) is 0 Å². The van der Waals surface area contributed by atoms with Crippen LogP contribution in [0.25, 0.3) is 0 Å². The maximum Gasteiger partial charge on any atom is 0.0967 e. The van der Waals surface area contributed by atoms with Crippen molar-refractivity contribution in [3.05, 3.63) is 35.7 Å². The van der Waals surface area contributed by atoms with Crippen LogP contribution in [0.1, 0.15) is 153 Å². The molecule has 43 heavy (non-hydrogen) atoms. The molecule has 3 rings (SSSR count). The van der Waals surface area contributed by atoms with Gasteiger partial charge in [-0.2, -0.15) is 0 Å². The summed E-state index contributed by atoms with van der Waals surface area (Å²) in [5.41, 5.74) is 2.93. The maximum absolute atomic E-state index is 4.51. The lowest BCUT2D eigenvalue weighted by molar-refractivity contribution is 0.238. The van der Waals surface area contributed by atoms with E-state index in [-0.39, 0.29) is 0 Å². The second-order valence-corrected chi connectivity index (χ2v) is 12.4. The first-order valence-electron chi connectivity index (χ1n) is 17.6. The molecule has 0 aliphatic rings. The van der Waals surface area contributed by atoms with Crippen LogP contribution in [-0.2, 0) is 39.3 Å². The molecular formula is C33H60N10. The van der Waals surface area contributed by atoms with Gasteiger partial charge in [0, 0.05) is 57.9 Å². The molecule has 0 saturated carbocycles. The van der Waals surface area contributed by atoms with Crippen molar-refractivity contribution in [2.45, 2.75) is 176 Å². The molecule has 0 aliphatic heterocycles. The van der Waals surface area contributed by atoms with E-state index in [4.69, 9.17) is 0 Å². The van der Waals surface area contributed by atoms with Crippen molar-refractivity contribution in [1.29, 1.82) is 0 Å². The summed E-state index contributed by atoms with van der Waals surface area (Å²) in [7, 11) is 0. The summed E-state index contributed by atoms with van der Waals surface area (Å²) < 4.78 is 6.00. The Labute approximate surface area is 261 Å². The Morgan fingerprint density at radius 1 is 0.419 bits per heavy atom. The molecule has 10 heteroatoms. The lowest BCUT2D eigenvalue weighted by Crippen LogP contribution is -2.23. The van der Waals surface area contributed by atoms with Crippen molar-refractivity contribution in [3.63, 3.8) is 0 Å². The summed E-state index contributed by atoms with van der Waals surface area (Å²) in [6.45, 7) is 11.6. The average molecular weight is 597 g/mol. The molecule has 3 heterocycles. The van der Waals surface area contributed by atoms with Gasteiger partial charge in [-0.15, -0.1) is 15.3 Å². The molecule has 0 unspecified atom stereocenters. The monoisotopic (exact) mass is 597 g/mol. The molecule has 0 bridgehead atoms. The van der Waals surface area contributed by atoms with E-state index in [0.29, 0.717) is 19.6 Å². The molecule has 0 spiro atoms. The van der Waals surface area contributed by atoms with Crippen molar-refractivity contribution < 1.29 is 0 Å². The molecule has 0 aliphatic carbocycles. The van der Waals surface area contributed by atoms with Crippen molar-refractivity contribution in [2.75, 3.05) is 0 Å². The summed E-state index contributed by atoms with van der Waals surface area (Å²) in [5, 5.41) is 26.8. The summed E-state index contributed by atoms with van der Waals surface area (Å²) >= 11 is 0. The van der Waals surface area contributed by atoms with Crippen LogP contribution in [0.4, 0.5) is 0 Å². The van der Waals surface area contributed by atoms with Crippen LogP contribution in [0, 0.1) is 0 Å². The Bertz CT molecular complexity index is 938. The third-order valence-electron chi connectivity index (χ3n) is 8.14. The number of unbranched alkanes of at least 4 members (excludes halogenated alkanes) is 15. The molecule has 10 nitrogen and oxygen atoms in total. The lowest BCUT2D eigenvalue weighted by Gasteiger charge is -2.18. The highest BCUT2D eigenvalue weighted by Crippen LogP contribution is 2.13. The number of aryl methyl sites for hydroxylation is 3. The smallest absolute Gasteiger partial charge is 0.0967 e. The van der Waals surface area contributed by atoms with Crippen LogP contribution in [-0.4, -0.2) is 49.9 Å². The molecule has 3 aromatic heterocycles. The van der Waals surface area contributed by atoms with E-state index >= 15 is 0 Å². The Morgan fingerprint density at radius 3 is 1.00 bits per heavy atom. The molecule has 0 fully saturated rings. The van der Waals surface area contributed by atoms with Gasteiger partial charge in [0.2, 0.25) is 0 Å². The quantitative estimate of drug-likeness (QED) is 0.0830. The van der Waals surface area contributed by atoms with Gasteiger partial charge in [-0.05, 0) is 19.3 Å². The number of aromatic nitrogens is 9. The van der Waals surface area contributed by atoms with Gasteiger partial charge in [0.25, 0.3) is 0 Å². The van der Waals surface area contributed by atoms with Gasteiger partial charge < -0.3 is 0 Å². The molecule has 0 atom stereocenters. The van der Waals surface area contributed by atoms with Crippen LogP contribution in [0.15, 0.2) is 18.6 Å². The maximum atomic E-state index is 4.51. The lowest BCUT2D eigenvalue weighted by atomic mass is 10.1. The van der Waals surface area contributed by atoms with Crippen molar-refractivity contribution >= 4 is 0 Å². The summed E-state index contributed by atoms with van der Waals surface area (Å²) in [4.78, 5) is 2.33. The van der Waals surface area contributed by atoms with E-state index < -0.39 is 0 Å². The molecule has 0 N–H and O–H groups in total. The summed E-state index contributed by atoms with van der Waals surface area (Å²) in [6.07, 6.45) is 29.3. The molecule has 242 valence electrons. The SMILES string of the molecule is CCCCCCCCn1cc(CN(Cc2cn(CCCCCCCC)nn2)Cc2cn(CCCCCCCC)nn2)nn1. The Kier molecular flexibility index (Phi) is 17.8. The zero-order valence-electron chi connectivity index (χ0n) is 27.7. The topological polar surface area (TPSA) is 95.4 Å². The fourth-order valence-corrected chi connectivity index (χ4v) is 5.58. The number of nitrogens with zero attached hydrogens (tertiary/aromatic N) is 10. The van der Waals surface area contributed by atoms with Crippen LogP contribution < -0.4 is 0 Å². The standard InChI is InChI=1S/C33H60N10/c1-4-7-10-13-16-19-22-41-28-31(34-37-41)25-40(26-32-29-42(38-35-32)23-20-17-14-11-8-5-2)27-33-30-43(39-36-33)24-21-18-15-12-9-6-3/h28-30H,4-27H2,1-3H3. The highest BCUT2D eigenvalue weighted by molar-refractivity contribution is 4.99. The number of hydrogen-bond donors (Lipinski definition) is 0. The van der Waals surface area contributed by atoms with E-state index in [1.165, 1.54) is 96.3 Å². The van der Waals surface area contributed by atoms with Crippen molar-refractivity contribution in [3.8, 4) is 0 Å². The minimum atomic E-state index is 0.686. The third kappa shape index (κ3) is 15.1. The minimum Gasteiger partial charge on any atom is -0.285 e. The van der Waals surface area contributed by atoms with Crippen LogP contribution in [0.3, 0.4) is 0 Å². The largest absolute Gasteiger partial charge is 0.285 e. The van der Waals surface area contributed by atoms with Crippen molar-refractivity contribution in [2.24, 2.45) is 0 Å². The highest BCUT2D eigenvalue weighted by atomic mass is 15.4. The second-order valence-electron chi connectivity index (χ2n) is 12.4. The molecule has 0 saturated heterocycles. The van der Waals surface area contributed by atoms with Crippen molar-refractivity contribution in [1.82, 2.24) is 49.9 Å². The first kappa shape index (κ1) is 34.9. The van der Waals surface area contributed by atoms with E-state index in [1.54, 1.807) is 0 Å². The van der Waals surface area contributed by atoms with E-state index in [2.05, 4.69) is 75.2 Å². The third-order valence-corrected chi connectivity index (χ3v) is 8.14. The van der Waals surface area contributed by atoms with E-state index in [9.17, 15) is 0 Å². The first-order valence-corrected chi connectivity index (χ1v) is 17.6. The Hall–Kier alpha value is -2.62. The van der Waals surface area contributed by atoms with Gasteiger partial charge in [-0.1, -0.05) is 133 Å². The first-order chi connectivity index (χ1) is 21.2. The zero-order valence-corrected chi connectivity index (χ0v) is 27.7. The van der Waals surface area contributed by atoms with Crippen LogP contribution in [0.2, 0.25) is 0 Å². The van der Waals surface area contributed by atoms with Gasteiger partial charge in [0.15, 0.2) is 0 Å². The molecule has 0 amide bonds. The zero-order chi connectivity index (χ0) is 30.4. The number of rotatable bonds is 27. The predicted octanol–water partition coefficient (Wildman–Crippen LogP) is 7.75. The molecule has 3 aromatic rings. The minimum absolute atomic E-state index is 0.686. The fraction of sp³-hybridized carbons (Fsp3) is 0.818. The van der Waals surface area contributed by atoms with E-state index in [0.717, 1.165) is 56.0 Å². The molecular weight excluding hydrogens is 536 g/mol. The average Bonchev–Trinajstić information content (AvgIpc) is 3.76. The van der Waals surface area contributed by atoms with Gasteiger partial charge in [0.1, 0.15) is 0 Å². The molecule has 0 aromatic carbocycles. The van der Waals surface area contributed by atoms with Crippen LogP contribution >= 0.6 is 0 Å². The summed E-state index contributed by atoms with van der Waals surface area (Å²) in [6, 6.07) is 0. The predicted molar refractivity (Wildman–Crippen MR) is 173 cm³/mol. The van der Waals surface area contributed by atoms with E-state index in [1.807, 2.05) is 14.0 Å². The van der Waals surface area contributed by atoms with Gasteiger partial charge in [-0.3, -0.25) is 18.9 Å².